The van der Waals surface area contributed by atoms with Crippen LogP contribution in [0.4, 0.5) is 0 Å². The zero-order valence-corrected chi connectivity index (χ0v) is 12.9. The Morgan fingerprint density at radius 3 is 2.71 bits per heavy atom. The van der Waals surface area contributed by atoms with Gasteiger partial charge in [-0.05, 0) is 41.7 Å². The molecule has 0 N–H and O–H groups in total. The molecule has 0 saturated heterocycles. The molecule has 0 nitrogen and oxygen atoms in total. The zero-order chi connectivity index (χ0) is 14.6. The number of fused-ring (bicyclic) bond motifs is 2. The summed E-state index contributed by atoms with van der Waals surface area (Å²) in [7, 11) is 0. The van der Waals surface area contributed by atoms with Crippen LogP contribution in [0.5, 0.6) is 0 Å². The Morgan fingerprint density at radius 1 is 1.00 bits per heavy atom. The standard InChI is InChI=1S/C21H20/c1-14-7-9-19-16(13-14)11-12-21(19,3)20-10-8-17-15(2)5-4-6-18(17)20/h4-13,20H,1-3H3. The minimum Gasteiger partial charge on any atom is -0.0752 e. The molecule has 0 radical (unpaired) electrons. The SMILES string of the molecule is Cc1ccc2c(c1)C=CC2(C)C1C=Cc2c(C)cccc21. The maximum Gasteiger partial charge on any atom is 0.0216 e. The third kappa shape index (κ3) is 1.68. The van der Waals surface area contributed by atoms with Crippen molar-refractivity contribution in [3.8, 4) is 0 Å². The van der Waals surface area contributed by atoms with Crippen LogP contribution >= 0.6 is 0 Å². The van der Waals surface area contributed by atoms with Gasteiger partial charge in [0.25, 0.3) is 0 Å². The van der Waals surface area contributed by atoms with Crippen LogP contribution in [0.15, 0.2) is 48.6 Å². The highest BCUT2D eigenvalue weighted by atomic mass is 14.4. The smallest absolute Gasteiger partial charge is 0.0216 e. The quantitative estimate of drug-likeness (QED) is 0.652. The molecular formula is C21H20. The van der Waals surface area contributed by atoms with Crippen molar-refractivity contribution in [1.82, 2.24) is 0 Å². The van der Waals surface area contributed by atoms with Gasteiger partial charge < -0.3 is 0 Å². The summed E-state index contributed by atoms with van der Waals surface area (Å²) >= 11 is 0. The zero-order valence-electron chi connectivity index (χ0n) is 12.9. The normalized spacial score (nSPS) is 25.2. The summed E-state index contributed by atoms with van der Waals surface area (Å²) in [5.41, 5.74) is 8.50. The first-order valence-corrected chi connectivity index (χ1v) is 7.68. The van der Waals surface area contributed by atoms with Gasteiger partial charge in [0.05, 0.1) is 0 Å². The molecule has 2 unspecified atom stereocenters. The highest BCUT2D eigenvalue weighted by Gasteiger charge is 2.39. The molecule has 0 amide bonds. The molecule has 104 valence electrons. The number of hydrogen-bond acceptors (Lipinski definition) is 0. The van der Waals surface area contributed by atoms with Crippen molar-refractivity contribution < 1.29 is 0 Å². The molecule has 0 aliphatic heterocycles. The first-order chi connectivity index (χ1) is 10.1. The van der Waals surface area contributed by atoms with E-state index >= 15 is 0 Å². The average Bonchev–Trinajstić information content (AvgIpc) is 3.03. The summed E-state index contributed by atoms with van der Waals surface area (Å²) in [6.07, 6.45) is 9.38. The van der Waals surface area contributed by atoms with Gasteiger partial charge in [0, 0.05) is 11.3 Å². The Morgan fingerprint density at radius 2 is 1.86 bits per heavy atom. The van der Waals surface area contributed by atoms with Crippen molar-refractivity contribution in [2.75, 3.05) is 0 Å². The molecule has 2 aliphatic carbocycles. The van der Waals surface area contributed by atoms with Gasteiger partial charge in [-0.1, -0.05) is 73.2 Å². The van der Waals surface area contributed by atoms with Crippen molar-refractivity contribution in [3.63, 3.8) is 0 Å². The van der Waals surface area contributed by atoms with E-state index in [2.05, 4.69) is 81.5 Å². The second kappa shape index (κ2) is 4.21. The van der Waals surface area contributed by atoms with Gasteiger partial charge in [0.2, 0.25) is 0 Å². The summed E-state index contributed by atoms with van der Waals surface area (Å²) in [6, 6.07) is 13.5. The van der Waals surface area contributed by atoms with Crippen molar-refractivity contribution in [2.45, 2.75) is 32.1 Å². The minimum absolute atomic E-state index is 0.0680. The van der Waals surface area contributed by atoms with Crippen molar-refractivity contribution in [3.05, 3.63) is 81.9 Å². The lowest BCUT2D eigenvalue weighted by atomic mass is 9.71. The molecule has 0 saturated carbocycles. The largest absolute Gasteiger partial charge is 0.0752 e. The molecule has 2 aliphatic rings. The van der Waals surface area contributed by atoms with Crippen LogP contribution in [0.3, 0.4) is 0 Å². The molecule has 0 bridgehead atoms. The van der Waals surface area contributed by atoms with Gasteiger partial charge in [0.1, 0.15) is 0 Å². The Balaban J connectivity index is 1.87. The van der Waals surface area contributed by atoms with Gasteiger partial charge in [0.15, 0.2) is 0 Å². The first-order valence-electron chi connectivity index (χ1n) is 7.68. The van der Waals surface area contributed by atoms with E-state index in [1.165, 1.54) is 33.4 Å². The maximum atomic E-state index is 2.39. The first kappa shape index (κ1) is 12.6. The summed E-state index contributed by atoms with van der Waals surface area (Å²) < 4.78 is 0. The van der Waals surface area contributed by atoms with Crippen LogP contribution < -0.4 is 0 Å². The Kier molecular flexibility index (Phi) is 2.53. The van der Waals surface area contributed by atoms with E-state index in [-0.39, 0.29) is 5.41 Å². The number of hydrogen-bond donors (Lipinski definition) is 0. The predicted molar refractivity (Wildman–Crippen MR) is 90.5 cm³/mol. The molecule has 21 heavy (non-hydrogen) atoms. The molecule has 0 spiro atoms. The number of allylic oxidation sites excluding steroid dienone is 2. The van der Waals surface area contributed by atoms with Crippen LogP contribution in [0, 0.1) is 13.8 Å². The van der Waals surface area contributed by atoms with E-state index in [1.54, 1.807) is 0 Å². The lowest BCUT2D eigenvalue weighted by Crippen LogP contribution is -2.25. The highest BCUT2D eigenvalue weighted by Crippen LogP contribution is 2.50. The van der Waals surface area contributed by atoms with E-state index < -0.39 is 0 Å². The second-order valence-electron chi connectivity index (χ2n) is 6.62. The summed E-state index contributed by atoms with van der Waals surface area (Å²) in [4.78, 5) is 0. The molecule has 0 heteroatoms. The predicted octanol–water partition coefficient (Wildman–Crippen LogP) is 5.40. The Labute approximate surface area is 126 Å². The number of rotatable bonds is 1. The molecule has 4 rings (SSSR count). The minimum atomic E-state index is 0.0680. The van der Waals surface area contributed by atoms with E-state index in [0.717, 1.165) is 0 Å². The van der Waals surface area contributed by atoms with E-state index in [4.69, 9.17) is 0 Å². The Bertz CT molecular complexity index is 792. The fourth-order valence-electron chi connectivity index (χ4n) is 3.96. The third-order valence-electron chi connectivity index (χ3n) is 5.19. The van der Waals surface area contributed by atoms with Crippen LogP contribution in [-0.4, -0.2) is 0 Å². The van der Waals surface area contributed by atoms with E-state index in [9.17, 15) is 0 Å². The molecule has 2 aromatic rings. The topological polar surface area (TPSA) is 0 Å². The molecule has 2 atom stereocenters. The molecule has 0 aromatic heterocycles. The molecule has 2 aromatic carbocycles. The molecule has 0 heterocycles. The number of aryl methyl sites for hydroxylation is 2. The van der Waals surface area contributed by atoms with Crippen molar-refractivity contribution >= 4 is 12.2 Å². The summed E-state index contributed by atoms with van der Waals surface area (Å²) in [6.45, 7) is 6.74. The Hall–Kier alpha value is -2.08. The maximum absolute atomic E-state index is 2.39. The van der Waals surface area contributed by atoms with Crippen molar-refractivity contribution in [2.24, 2.45) is 0 Å². The van der Waals surface area contributed by atoms with E-state index in [1.807, 2.05) is 0 Å². The van der Waals surface area contributed by atoms with Gasteiger partial charge in [-0.25, -0.2) is 0 Å². The fourth-order valence-corrected chi connectivity index (χ4v) is 3.96. The highest BCUT2D eigenvalue weighted by molar-refractivity contribution is 5.72. The van der Waals surface area contributed by atoms with Crippen LogP contribution in [0.1, 0.15) is 46.2 Å². The van der Waals surface area contributed by atoms with E-state index in [0.29, 0.717) is 5.92 Å². The van der Waals surface area contributed by atoms with Crippen LogP contribution in [0.25, 0.3) is 12.2 Å². The second-order valence-corrected chi connectivity index (χ2v) is 6.62. The summed E-state index contributed by atoms with van der Waals surface area (Å²) in [5.74, 6) is 0.438. The lowest BCUT2D eigenvalue weighted by molar-refractivity contribution is 0.544. The third-order valence-corrected chi connectivity index (χ3v) is 5.19. The summed E-state index contributed by atoms with van der Waals surface area (Å²) in [5, 5.41) is 0. The van der Waals surface area contributed by atoms with Crippen LogP contribution in [0.2, 0.25) is 0 Å². The average molecular weight is 272 g/mol. The van der Waals surface area contributed by atoms with Gasteiger partial charge in [-0.3, -0.25) is 0 Å². The van der Waals surface area contributed by atoms with Crippen LogP contribution in [-0.2, 0) is 5.41 Å². The number of benzene rings is 2. The van der Waals surface area contributed by atoms with Crippen molar-refractivity contribution in [1.29, 1.82) is 0 Å². The van der Waals surface area contributed by atoms with Gasteiger partial charge >= 0.3 is 0 Å². The van der Waals surface area contributed by atoms with Gasteiger partial charge in [-0.2, -0.15) is 0 Å². The van der Waals surface area contributed by atoms with Gasteiger partial charge in [-0.15, -0.1) is 0 Å². The fraction of sp³-hybridized carbons (Fsp3) is 0.238. The monoisotopic (exact) mass is 272 g/mol. The lowest BCUT2D eigenvalue weighted by Gasteiger charge is -2.31. The molecular weight excluding hydrogens is 252 g/mol. The molecule has 0 fully saturated rings.